The molecule has 6 heteroatoms. The zero-order valence-corrected chi connectivity index (χ0v) is 15.8. The van der Waals surface area contributed by atoms with Crippen molar-refractivity contribution in [3.63, 3.8) is 0 Å². The second-order valence-electron chi connectivity index (χ2n) is 7.22. The fourth-order valence-electron chi connectivity index (χ4n) is 3.52. The summed E-state index contributed by atoms with van der Waals surface area (Å²) in [5, 5.41) is 11.2. The van der Waals surface area contributed by atoms with Crippen LogP contribution in [0.5, 0.6) is 0 Å². The monoisotopic (exact) mass is 354 g/mol. The Morgan fingerprint density at radius 3 is 2.54 bits per heavy atom. The lowest BCUT2D eigenvalue weighted by atomic mass is 9.64. The quantitative estimate of drug-likeness (QED) is 0.861. The van der Waals surface area contributed by atoms with E-state index in [1.165, 1.54) is 0 Å². The van der Waals surface area contributed by atoms with Crippen LogP contribution in [0.15, 0.2) is 42.5 Å². The Morgan fingerprint density at radius 1 is 1.23 bits per heavy atom. The van der Waals surface area contributed by atoms with E-state index < -0.39 is 0 Å². The van der Waals surface area contributed by atoms with E-state index in [2.05, 4.69) is 34.3 Å². The van der Waals surface area contributed by atoms with Crippen molar-refractivity contribution in [3.8, 4) is 0 Å². The highest BCUT2D eigenvalue weighted by molar-refractivity contribution is 6.02. The van der Waals surface area contributed by atoms with Gasteiger partial charge in [-0.15, -0.1) is 10.2 Å². The first kappa shape index (κ1) is 18.3. The second kappa shape index (κ2) is 7.41. The van der Waals surface area contributed by atoms with Gasteiger partial charge in [0.05, 0.1) is 6.10 Å². The summed E-state index contributed by atoms with van der Waals surface area (Å²) in [7, 11) is 2.02. The number of carbonyl (C=O) groups excluding carboxylic acids is 1. The molecule has 0 aliphatic heterocycles. The van der Waals surface area contributed by atoms with Gasteiger partial charge in [0.1, 0.15) is 0 Å². The summed E-state index contributed by atoms with van der Waals surface area (Å²) >= 11 is 0. The first-order valence-corrected chi connectivity index (χ1v) is 8.98. The van der Waals surface area contributed by atoms with Gasteiger partial charge in [0, 0.05) is 30.8 Å². The Labute approximate surface area is 154 Å². The van der Waals surface area contributed by atoms with Gasteiger partial charge in [0.25, 0.3) is 5.91 Å². The summed E-state index contributed by atoms with van der Waals surface area (Å²) in [5.74, 6) is 0.493. The van der Waals surface area contributed by atoms with E-state index in [1.807, 2.05) is 50.4 Å². The highest BCUT2D eigenvalue weighted by Crippen LogP contribution is 2.46. The van der Waals surface area contributed by atoms with Crippen LogP contribution in [0.2, 0.25) is 0 Å². The molecule has 1 aliphatic rings. The topological polar surface area (TPSA) is 67.3 Å². The highest BCUT2D eigenvalue weighted by Gasteiger charge is 2.51. The third kappa shape index (κ3) is 3.55. The van der Waals surface area contributed by atoms with Crippen LogP contribution in [-0.2, 0) is 4.74 Å². The van der Waals surface area contributed by atoms with Gasteiger partial charge in [-0.25, -0.2) is 0 Å². The molecule has 1 fully saturated rings. The average Bonchev–Trinajstić information content (AvgIpc) is 2.65. The van der Waals surface area contributed by atoms with E-state index in [9.17, 15) is 4.79 Å². The molecule has 3 rings (SSSR count). The number of nitrogens with one attached hydrogen (secondary N) is 1. The molecule has 2 unspecified atom stereocenters. The molecule has 1 N–H and O–H groups in total. The molecule has 26 heavy (non-hydrogen) atoms. The first-order chi connectivity index (χ1) is 12.4. The number of anilines is 2. The summed E-state index contributed by atoms with van der Waals surface area (Å²) in [5.41, 5.74) is 1.08. The van der Waals surface area contributed by atoms with Crippen molar-refractivity contribution >= 4 is 17.4 Å². The first-order valence-electron chi connectivity index (χ1n) is 8.98. The van der Waals surface area contributed by atoms with E-state index in [1.54, 1.807) is 6.07 Å². The van der Waals surface area contributed by atoms with Gasteiger partial charge in [-0.3, -0.25) is 4.79 Å². The number of aromatic nitrogens is 2. The number of benzene rings is 1. The number of nitrogens with zero attached hydrogens (tertiary/aromatic N) is 3. The zero-order valence-electron chi connectivity index (χ0n) is 15.8. The van der Waals surface area contributed by atoms with Crippen LogP contribution in [0, 0.1) is 5.41 Å². The van der Waals surface area contributed by atoms with Crippen molar-refractivity contribution in [2.24, 2.45) is 5.41 Å². The van der Waals surface area contributed by atoms with Gasteiger partial charge in [-0.05, 0) is 37.6 Å². The third-order valence-electron chi connectivity index (χ3n) is 5.24. The maximum Gasteiger partial charge on any atom is 0.276 e. The molecule has 1 aliphatic carbocycles. The Bertz CT molecular complexity index is 746. The van der Waals surface area contributed by atoms with E-state index >= 15 is 0 Å². The summed E-state index contributed by atoms with van der Waals surface area (Å²) < 4.78 is 5.80. The van der Waals surface area contributed by atoms with Crippen LogP contribution < -0.4 is 10.2 Å². The van der Waals surface area contributed by atoms with Crippen LogP contribution in [0.1, 0.15) is 37.7 Å². The van der Waals surface area contributed by atoms with Crippen LogP contribution in [0.25, 0.3) is 0 Å². The molecule has 1 heterocycles. The minimum absolute atomic E-state index is 0.0514. The fourth-order valence-corrected chi connectivity index (χ4v) is 3.52. The highest BCUT2D eigenvalue weighted by atomic mass is 16.5. The molecule has 0 saturated heterocycles. The second-order valence-corrected chi connectivity index (χ2v) is 7.22. The van der Waals surface area contributed by atoms with Crippen LogP contribution in [-0.4, -0.2) is 41.9 Å². The minimum Gasteiger partial charge on any atom is -0.378 e. The summed E-state index contributed by atoms with van der Waals surface area (Å²) in [6, 6.07) is 13.2. The fraction of sp³-hybridized carbons (Fsp3) is 0.450. The number of ether oxygens (including phenoxy) is 1. The van der Waals surface area contributed by atoms with Crippen LogP contribution in [0.4, 0.5) is 11.5 Å². The molecule has 1 amide bonds. The summed E-state index contributed by atoms with van der Waals surface area (Å²) in [6.45, 7) is 7.19. The van der Waals surface area contributed by atoms with E-state index in [4.69, 9.17) is 4.74 Å². The smallest absolute Gasteiger partial charge is 0.276 e. The van der Waals surface area contributed by atoms with Gasteiger partial charge < -0.3 is 15.0 Å². The molecule has 1 aromatic carbocycles. The molecular formula is C20H26N4O2. The van der Waals surface area contributed by atoms with E-state index in [0.29, 0.717) is 11.7 Å². The van der Waals surface area contributed by atoms with Crippen molar-refractivity contribution in [2.75, 3.05) is 23.9 Å². The number of rotatable bonds is 6. The Hall–Kier alpha value is -2.47. The molecule has 0 spiro atoms. The molecule has 2 aromatic rings. The van der Waals surface area contributed by atoms with Gasteiger partial charge in [0.15, 0.2) is 11.5 Å². The lowest BCUT2D eigenvalue weighted by Crippen LogP contribution is -2.61. The van der Waals surface area contributed by atoms with Crippen molar-refractivity contribution in [2.45, 2.75) is 39.3 Å². The van der Waals surface area contributed by atoms with Crippen molar-refractivity contribution in [1.82, 2.24) is 10.2 Å². The van der Waals surface area contributed by atoms with Crippen molar-refractivity contribution < 1.29 is 9.53 Å². The predicted octanol–water partition coefficient (Wildman–Crippen LogP) is 3.37. The Kier molecular flexibility index (Phi) is 5.23. The summed E-state index contributed by atoms with van der Waals surface area (Å²) in [4.78, 5) is 14.4. The van der Waals surface area contributed by atoms with Crippen LogP contribution in [0.3, 0.4) is 0 Å². The third-order valence-corrected chi connectivity index (χ3v) is 5.24. The molecule has 1 aromatic heterocycles. The SMILES string of the molecule is CCOC1CC(N(C)c2ccc(C(=O)Nc3ccccc3)nn2)C1(C)C. The normalized spacial score (nSPS) is 20.9. The summed E-state index contributed by atoms with van der Waals surface area (Å²) in [6.07, 6.45) is 1.23. The molecule has 1 saturated carbocycles. The lowest BCUT2D eigenvalue weighted by Gasteiger charge is -2.55. The molecule has 0 bridgehead atoms. The number of hydrogen-bond acceptors (Lipinski definition) is 5. The molecule has 2 atom stereocenters. The van der Waals surface area contributed by atoms with Gasteiger partial charge in [-0.2, -0.15) is 0 Å². The maximum atomic E-state index is 12.3. The van der Waals surface area contributed by atoms with Gasteiger partial charge in [-0.1, -0.05) is 32.0 Å². The standard InChI is InChI=1S/C20H26N4O2/c1-5-26-17-13-16(20(17,2)3)24(4)18-12-11-15(22-23-18)19(25)21-14-9-7-6-8-10-14/h6-12,16-17H,5,13H2,1-4H3,(H,21,25). The van der Waals surface area contributed by atoms with E-state index in [-0.39, 0.29) is 17.4 Å². The zero-order chi connectivity index (χ0) is 18.7. The largest absolute Gasteiger partial charge is 0.378 e. The number of amides is 1. The van der Waals surface area contributed by atoms with Crippen molar-refractivity contribution in [1.29, 1.82) is 0 Å². The molecule has 138 valence electrons. The Balaban J connectivity index is 1.65. The molecule has 6 nitrogen and oxygen atoms in total. The Morgan fingerprint density at radius 2 is 1.96 bits per heavy atom. The van der Waals surface area contributed by atoms with Crippen LogP contribution >= 0.6 is 0 Å². The minimum atomic E-state index is -0.265. The predicted molar refractivity (Wildman–Crippen MR) is 102 cm³/mol. The number of hydrogen-bond donors (Lipinski definition) is 1. The number of para-hydroxylation sites is 1. The lowest BCUT2D eigenvalue weighted by molar-refractivity contribution is -0.104. The maximum absolute atomic E-state index is 12.3. The average molecular weight is 354 g/mol. The molecule has 0 radical (unpaired) electrons. The van der Waals surface area contributed by atoms with Crippen molar-refractivity contribution in [3.05, 3.63) is 48.2 Å². The van der Waals surface area contributed by atoms with Gasteiger partial charge in [0.2, 0.25) is 0 Å². The molecular weight excluding hydrogens is 328 g/mol. The van der Waals surface area contributed by atoms with Gasteiger partial charge >= 0.3 is 0 Å². The van der Waals surface area contributed by atoms with E-state index in [0.717, 1.165) is 24.5 Å². The number of carbonyl (C=O) groups is 1.